The van der Waals surface area contributed by atoms with Gasteiger partial charge in [-0.15, -0.1) is 0 Å². The molecule has 6 heteroatoms. The summed E-state index contributed by atoms with van der Waals surface area (Å²) in [5.41, 5.74) is 2.55. The zero-order valence-electron chi connectivity index (χ0n) is 17.5. The van der Waals surface area contributed by atoms with E-state index in [1.165, 1.54) is 0 Å². The highest BCUT2D eigenvalue weighted by Crippen LogP contribution is 2.24. The topological polar surface area (TPSA) is 80.3 Å². The van der Waals surface area contributed by atoms with Crippen LogP contribution in [0.15, 0.2) is 66.9 Å². The Morgan fingerprint density at radius 3 is 1.97 bits per heavy atom. The largest absolute Gasteiger partial charge is 0.497 e. The van der Waals surface area contributed by atoms with E-state index in [4.69, 9.17) is 4.74 Å². The second-order valence-electron chi connectivity index (χ2n) is 7.86. The Hall–Kier alpha value is -3.67. The number of nitrogens with one attached hydrogen (secondary N) is 2. The average molecular weight is 403 g/mol. The van der Waals surface area contributed by atoms with Gasteiger partial charge in [-0.25, -0.2) is 4.98 Å². The first kappa shape index (κ1) is 21.0. The maximum Gasteiger partial charge on any atom is 0.256 e. The highest BCUT2D eigenvalue weighted by Gasteiger charge is 2.16. The number of methoxy groups -OCH3 is 1. The zero-order valence-corrected chi connectivity index (χ0v) is 17.5. The maximum atomic E-state index is 12.7. The van der Waals surface area contributed by atoms with E-state index in [1.54, 1.807) is 61.8 Å². The molecule has 0 fully saturated rings. The van der Waals surface area contributed by atoms with Crippen LogP contribution in [0.5, 0.6) is 5.75 Å². The average Bonchev–Trinajstić information content (AvgIpc) is 2.74. The van der Waals surface area contributed by atoms with Crippen LogP contribution in [0.4, 0.5) is 11.5 Å². The van der Waals surface area contributed by atoms with Gasteiger partial charge in [-0.1, -0.05) is 32.9 Å². The number of nitrogens with zero attached hydrogens (tertiary/aromatic N) is 1. The number of rotatable bonds is 5. The Morgan fingerprint density at radius 1 is 0.833 bits per heavy atom. The first-order valence-electron chi connectivity index (χ1n) is 9.60. The zero-order chi connectivity index (χ0) is 21.7. The van der Waals surface area contributed by atoms with Crippen molar-refractivity contribution in [2.45, 2.75) is 26.2 Å². The number of benzene rings is 2. The minimum Gasteiger partial charge on any atom is -0.497 e. The highest BCUT2D eigenvalue weighted by molar-refractivity contribution is 6.09. The molecule has 2 aromatic carbocycles. The Kier molecular flexibility index (Phi) is 6.16. The van der Waals surface area contributed by atoms with Gasteiger partial charge in [-0.05, 0) is 59.5 Å². The van der Waals surface area contributed by atoms with Gasteiger partial charge in [-0.3, -0.25) is 9.59 Å². The predicted octanol–water partition coefficient (Wildman–Crippen LogP) is 4.89. The molecule has 0 saturated carbocycles. The van der Waals surface area contributed by atoms with Crippen molar-refractivity contribution in [1.82, 2.24) is 4.98 Å². The van der Waals surface area contributed by atoms with Crippen LogP contribution in [0.25, 0.3) is 0 Å². The number of amides is 2. The molecule has 0 aliphatic rings. The summed E-state index contributed by atoms with van der Waals surface area (Å²) in [6.07, 6.45) is 1.56. The van der Waals surface area contributed by atoms with Gasteiger partial charge in [0.05, 0.1) is 12.8 Å². The fraction of sp³-hybridized carbons (Fsp3) is 0.208. The molecule has 0 saturated heterocycles. The molecule has 0 aliphatic carbocycles. The van der Waals surface area contributed by atoms with Crippen molar-refractivity contribution in [3.63, 3.8) is 0 Å². The quantitative estimate of drug-likeness (QED) is 0.635. The van der Waals surface area contributed by atoms with Gasteiger partial charge in [0, 0.05) is 17.3 Å². The molecule has 2 amide bonds. The van der Waals surface area contributed by atoms with Gasteiger partial charge in [0.1, 0.15) is 5.75 Å². The molecular weight excluding hydrogens is 378 g/mol. The fourth-order valence-electron chi connectivity index (χ4n) is 2.84. The number of ether oxygens (including phenoxy) is 1. The third kappa shape index (κ3) is 5.03. The summed E-state index contributed by atoms with van der Waals surface area (Å²) in [4.78, 5) is 29.4. The lowest BCUT2D eigenvalue weighted by Crippen LogP contribution is -2.18. The molecular formula is C24H25N3O3. The van der Waals surface area contributed by atoms with Crippen LogP contribution in [0.2, 0.25) is 0 Å². The molecule has 0 atom stereocenters. The summed E-state index contributed by atoms with van der Waals surface area (Å²) in [6.45, 7) is 6.36. The molecule has 0 aliphatic heterocycles. The number of anilines is 2. The van der Waals surface area contributed by atoms with Gasteiger partial charge in [0.15, 0.2) is 5.82 Å². The van der Waals surface area contributed by atoms with E-state index < -0.39 is 0 Å². The molecule has 1 heterocycles. The Bertz CT molecular complexity index is 1040. The summed E-state index contributed by atoms with van der Waals surface area (Å²) in [5, 5.41) is 5.57. The summed E-state index contributed by atoms with van der Waals surface area (Å²) in [5.74, 6) is 0.340. The fourth-order valence-corrected chi connectivity index (χ4v) is 2.84. The van der Waals surface area contributed by atoms with E-state index in [9.17, 15) is 9.59 Å². The number of aromatic nitrogens is 1. The lowest BCUT2D eigenvalue weighted by molar-refractivity contribution is 0.101. The lowest BCUT2D eigenvalue weighted by Gasteiger charge is -2.19. The summed E-state index contributed by atoms with van der Waals surface area (Å²) in [7, 11) is 1.57. The van der Waals surface area contributed by atoms with E-state index in [0.29, 0.717) is 22.6 Å². The third-order valence-corrected chi connectivity index (χ3v) is 4.65. The summed E-state index contributed by atoms with van der Waals surface area (Å²) in [6, 6.07) is 17.6. The van der Waals surface area contributed by atoms with E-state index in [0.717, 1.165) is 5.56 Å². The number of pyridine rings is 1. The summed E-state index contributed by atoms with van der Waals surface area (Å²) >= 11 is 0. The van der Waals surface area contributed by atoms with E-state index >= 15 is 0 Å². The molecule has 0 radical (unpaired) electrons. The second kappa shape index (κ2) is 8.78. The van der Waals surface area contributed by atoms with Crippen molar-refractivity contribution in [2.24, 2.45) is 0 Å². The minimum atomic E-state index is -0.310. The molecule has 0 spiro atoms. The van der Waals surface area contributed by atoms with Crippen molar-refractivity contribution in [3.8, 4) is 5.75 Å². The van der Waals surface area contributed by atoms with Gasteiger partial charge in [0.2, 0.25) is 0 Å². The van der Waals surface area contributed by atoms with E-state index in [-0.39, 0.29) is 23.0 Å². The summed E-state index contributed by atoms with van der Waals surface area (Å²) < 4.78 is 5.11. The van der Waals surface area contributed by atoms with E-state index in [1.807, 2.05) is 12.1 Å². The van der Waals surface area contributed by atoms with Gasteiger partial charge >= 0.3 is 0 Å². The van der Waals surface area contributed by atoms with Crippen LogP contribution in [0.3, 0.4) is 0 Å². The molecule has 0 bridgehead atoms. The molecule has 30 heavy (non-hydrogen) atoms. The first-order chi connectivity index (χ1) is 14.3. The molecule has 2 N–H and O–H groups in total. The normalized spacial score (nSPS) is 10.9. The van der Waals surface area contributed by atoms with E-state index in [2.05, 4.69) is 36.4 Å². The number of carbonyl (C=O) groups is 2. The maximum absolute atomic E-state index is 12.7. The molecule has 3 aromatic rings. The van der Waals surface area contributed by atoms with Crippen LogP contribution in [-0.4, -0.2) is 23.9 Å². The number of carbonyl (C=O) groups excluding carboxylic acids is 2. The SMILES string of the molecule is COc1ccc(C(=O)Nc2cccnc2NC(=O)c2ccc(C(C)(C)C)cc2)cc1. The van der Waals surface area contributed by atoms with Crippen LogP contribution >= 0.6 is 0 Å². The minimum absolute atomic E-state index is 0.00883. The lowest BCUT2D eigenvalue weighted by atomic mass is 9.87. The Labute approximate surface area is 176 Å². The van der Waals surface area contributed by atoms with Crippen molar-refractivity contribution in [1.29, 1.82) is 0 Å². The number of hydrogen-bond acceptors (Lipinski definition) is 4. The standard InChI is InChI=1S/C24H25N3O3/c1-24(2,3)18-11-7-16(8-12-18)23(29)27-21-20(6-5-15-25-21)26-22(28)17-9-13-19(30-4)14-10-17/h5-15H,1-4H3,(H,26,28)(H,25,27,29). The first-order valence-corrected chi connectivity index (χ1v) is 9.60. The van der Waals surface area contributed by atoms with Gasteiger partial charge in [0.25, 0.3) is 11.8 Å². The highest BCUT2D eigenvalue weighted by atomic mass is 16.5. The van der Waals surface area contributed by atoms with Crippen LogP contribution < -0.4 is 15.4 Å². The Morgan fingerprint density at radius 2 is 1.40 bits per heavy atom. The third-order valence-electron chi connectivity index (χ3n) is 4.65. The molecule has 6 nitrogen and oxygen atoms in total. The van der Waals surface area contributed by atoms with Crippen LogP contribution in [0, 0.1) is 0 Å². The van der Waals surface area contributed by atoms with Crippen LogP contribution in [-0.2, 0) is 5.41 Å². The molecule has 3 rings (SSSR count). The van der Waals surface area contributed by atoms with Gasteiger partial charge in [-0.2, -0.15) is 0 Å². The Balaban J connectivity index is 1.74. The van der Waals surface area contributed by atoms with Crippen molar-refractivity contribution in [2.75, 3.05) is 17.7 Å². The van der Waals surface area contributed by atoms with Crippen molar-refractivity contribution < 1.29 is 14.3 Å². The van der Waals surface area contributed by atoms with Crippen LogP contribution in [0.1, 0.15) is 47.1 Å². The predicted molar refractivity (Wildman–Crippen MR) is 118 cm³/mol. The van der Waals surface area contributed by atoms with Crippen molar-refractivity contribution in [3.05, 3.63) is 83.6 Å². The molecule has 0 unspecified atom stereocenters. The van der Waals surface area contributed by atoms with Crippen molar-refractivity contribution >= 4 is 23.3 Å². The molecule has 154 valence electrons. The monoisotopic (exact) mass is 403 g/mol. The number of hydrogen-bond donors (Lipinski definition) is 2. The smallest absolute Gasteiger partial charge is 0.256 e. The molecule has 1 aromatic heterocycles. The van der Waals surface area contributed by atoms with Gasteiger partial charge < -0.3 is 15.4 Å². The second-order valence-corrected chi connectivity index (χ2v) is 7.86.